The molecule has 2 bridgehead atoms. The van der Waals surface area contributed by atoms with E-state index in [1.165, 1.54) is 22.7 Å². The molecule has 2 aromatic rings. The summed E-state index contributed by atoms with van der Waals surface area (Å²) in [5.74, 6) is -0.561. The summed E-state index contributed by atoms with van der Waals surface area (Å²) >= 11 is 2.74. The number of likely N-dealkylation sites (N-methyl/N-ethyl adjacent to an activating group) is 1. The number of aliphatic hydroxyl groups is 1. The zero-order chi connectivity index (χ0) is 18.1. The fourth-order valence-electron chi connectivity index (χ4n) is 4.83. The molecule has 5 nitrogen and oxygen atoms in total. The molecule has 0 amide bonds. The highest BCUT2D eigenvalue weighted by atomic mass is 127. The molecule has 0 radical (unpaired) electrons. The van der Waals surface area contributed by atoms with E-state index < -0.39 is 11.6 Å². The summed E-state index contributed by atoms with van der Waals surface area (Å²) < 4.78 is 12.6. The van der Waals surface area contributed by atoms with Gasteiger partial charge in [0.2, 0.25) is 5.60 Å². The van der Waals surface area contributed by atoms with E-state index in [1.807, 2.05) is 22.9 Å². The van der Waals surface area contributed by atoms with Gasteiger partial charge in [-0.25, -0.2) is 4.79 Å². The Bertz CT molecular complexity index is 775. The Hall–Kier alpha value is -0.0400. The number of morpholine rings is 1. The van der Waals surface area contributed by atoms with Gasteiger partial charge in [-0.05, 0) is 22.9 Å². The van der Waals surface area contributed by atoms with Crippen molar-refractivity contribution in [2.24, 2.45) is 0 Å². The normalized spacial score (nSPS) is 31.9. The van der Waals surface area contributed by atoms with Crippen LogP contribution in [0.2, 0.25) is 0 Å². The highest BCUT2D eigenvalue weighted by Gasteiger charge is 2.71. The number of rotatable bonds is 4. The number of thiophene rings is 2. The third-order valence-electron chi connectivity index (χ3n) is 6.36. The van der Waals surface area contributed by atoms with E-state index in [0.29, 0.717) is 34.0 Å². The minimum Gasteiger partial charge on any atom is -1.00 e. The molecule has 3 saturated heterocycles. The Morgan fingerprint density at radius 1 is 1.14 bits per heavy atom. The fourth-order valence-corrected chi connectivity index (χ4v) is 6.54. The van der Waals surface area contributed by atoms with Crippen LogP contribution in [0.3, 0.4) is 0 Å². The number of carbonyl (C=O) groups excluding carboxylic acids is 1. The molecule has 3 aliphatic rings. The van der Waals surface area contributed by atoms with Gasteiger partial charge in [0.1, 0.15) is 30.4 Å². The van der Waals surface area contributed by atoms with E-state index >= 15 is 0 Å². The number of carbonyl (C=O) groups is 1. The van der Waals surface area contributed by atoms with Gasteiger partial charge in [-0.3, -0.25) is 0 Å². The molecule has 0 aliphatic carbocycles. The van der Waals surface area contributed by atoms with E-state index in [4.69, 9.17) is 9.47 Å². The molecule has 9 heteroatoms. The number of quaternary nitrogens is 1. The first-order valence-corrected chi connectivity index (χ1v) is 10.7. The molecule has 0 saturated carbocycles. The van der Waals surface area contributed by atoms with Crippen LogP contribution in [0.1, 0.15) is 22.6 Å². The zero-order valence-electron chi connectivity index (χ0n) is 15.5. The van der Waals surface area contributed by atoms with Crippen LogP contribution >= 0.6 is 39.7 Å². The van der Waals surface area contributed by atoms with Crippen molar-refractivity contribution in [3.8, 4) is 0 Å². The van der Waals surface area contributed by atoms with Gasteiger partial charge in [0, 0.05) is 12.8 Å². The van der Waals surface area contributed by atoms with E-state index in [2.05, 4.69) is 14.1 Å². The van der Waals surface area contributed by atoms with Crippen LogP contribution in [0.4, 0.5) is 0 Å². The molecule has 5 heterocycles. The molecule has 2 aromatic heterocycles. The Labute approximate surface area is 200 Å². The van der Waals surface area contributed by atoms with Crippen molar-refractivity contribution in [2.45, 2.75) is 48.8 Å². The van der Waals surface area contributed by atoms with Crippen molar-refractivity contribution in [1.29, 1.82) is 0 Å². The number of hydrogen-bond donors (Lipinski definition) is 1. The van der Waals surface area contributed by atoms with Gasteiger partial charge >= 0.3 is 5.97 Å². The molecule has 3 aliphatic heterocycles. The number of halogens is 2. The van der Waals surface area contributed by atoms with Crippen LogP contribution in [0.25, 0.3) is 0 Å². The minimum atomic E-state index is -1.72. The molecule has 28 heavy (non-hydrogen) atoms. The van der Waals surface area contributed by atoms with Gasteiger partial charge in [-0.15, -0.1) is 39.7 Å². The number of ether oxygens (including phenoxy) is 2. The average Bonchev–Trinajstić information content (AvgIpc) is 2.98. The lowest BCUT2D eigenvalue weighted by Gasteiger charge is -2.45. The number of esters is 1. The molecular weight excluding hydrogens is 577 g/mol. The largest absolute Gasteiger partial charge is 1.00 e. The first-order chi connectivity index (χ1) is 12.4. The van der Waals surface area contributed by atoms with Gasteiger partial charge in [0.05, 0.1) is 23.8 Å². The van der Waals surface area contributed by atoms with E-state index in [9.17, 15) is 9.90 Å². The smallest absolute Gasteiger partial charge is 0.349 e. The predicted octanol–water partition coefficient (Wildman–Crippen LogP) is -0.0724. The number of fused-ring (bicyclic) bond motifs is 5. The zero-order valence-corrected chi connectivity index (χ0v) is 21.0. The Kier molecular flexibility index (Phi) is 6.39. The van der Waals surface area contributed by atoms with Gasteiger partial charge in [-0.2, -0.15) is 0 Å². The predicted molar refractivity (Wildman–Crippen MR) is 109 cm³/mol. The maximum absolute atomic E-state index is 13.1. The second-order valence-corrected chi connectivity index (χ2v) is 9.89. The van der Waals surface area contributed by atoms with Crippen molar-refractivity contribution in [3.05, 3.63) is 44.8 Å². The standard InChI is InChI=1S/C19H22NO4S2.BrH.HI/c1-20(2)12-9-11(10-13(20)17-16(12)24-17)23-18(21)19(22,14-5-3-7-25-14)15-6-4-8-26-15;;/h3-8,11-13,16-17,22H,9-10H2,1-2H3;2*1H/q+1;;/p-1/t11?,12-,13+,16-,17+;;. The van der Waals surface area contributed by atoms with E-state index in [0.717, 1.165) is 17.3 Å². The second-order valence-electron chi connectivity index (χ2n) is 7.99. The van der Waals surface area contributed by atoms with Crippen LogP contribution in [0, 0.1) is 0 Å². The van der Waals surface area contributed by atoms with Crippen molar-refractivity contribution in [2.75, 3.05) is 14.1 Å². The Morgan fingerprint density at radius 3 is 2.07 bits per heavy atom. The summed E-state index contributed by atoms with van der Waals surface area (Å²) in [6.45, 7) is 0. The number of nitrogens with zero attached hydrogens (tertiary/aromatic N) is 1. The second kappa shape index (κ2) is 7.90. The third-order valence-corrected chi connectivity index (χ3v) is 8.32. The van der Waals surface area contributed by atoms with Crippen LogP contribution < -0.4 is 24.0 Å². The summed E-state index contributed by atoms with van der Waals surface area (Å²) in [5.41, 5.74) is -1.72. The maximum atomic E-state index is 13.1. The van der Waals surface area contributed by atoms with Crippen molar-refractivity contribution in [1.82, 2.24) is 0 Å². The summed E-state index contributed by atoms with van der Waals surface area (Å²) in [5, 5.41) is 15.1. The van der Waals surface area contributed by atoms with Gasteiger partial charge < -0.3 is 43.0 Å². The van der Waals surface area contributed by atoms with E-state index in [-0.39, 0.29) is 47.1 Å². The lowest BCUT2D eigenvalue weighted by atomic mass is 9.95. The van der Waals surface area contributed by atoms with Crippen LogP contribution in [-0.2, 0) is 19.9 Å². The Morgan fingerprint density at radius 2 is 1.64 bits per heavy atom. The first-order valence-electron chi connectivity index (χ1n) is 8.92. The van der Waals surface area contributed by atoms with Gasteiger partial charge in [0.25, 0.3) is 0 Å². The summed E-state index contributed by atoms with van der Waals surface area (Å²) in [6, 6.07) is 8.01. The van der Waals surface area contributed by atoms with E-state index in [1.54, 1.807) is 12.1 Å². The Balaban J connectivity index is 0.00000112. The highest BCUT2D eigenvalue weighted by Crippen LogP contribution is 2.52. The molecule has 0 spiro atoms. The molecular formula is C19H23BrINO4S2. The summed E-state index contributed by atoms with van der Waals surface area (Å²) in [7, 11) is 4.49. The monoisotopic (exact) mass is 599 g/mol. The quantitative estimate of drug-likeness (QED) is 0.231. The minimum absolute atomic E-state index is 0. The van der Waals surface area contributed by atoms with Crippen molar-refractivity contribution in [3.63, 3.8) is 0 Å². The molecule has 0 aromatic carbocycles. The first kappa shape index (κ1) is 22.6. The molecule has 1 unspecified atom stereocenters. The SMILES string of the molecule is Br.C[N+]1(C)[C@@H]2CC(OC(=O)C(O)(c3cccs3)c3cccs3)C[C@H]1[C@@H]1O[C@@H]12.[I-]. The number of hydrogen-bond acceptors (Lipinski definition) is 6. The van der Waals surface area contributed by atoms with Gasteiger partial charge in [0.15, 0.2) is 0 Å². The molecule has 5 atom stereocenters. The topological polar surface area (TPSA) is 59.1 Å². The average molecular weight is 600 g/mol. The van der Waals surface area contributed by atoms with Crippen LogP contribution in [0.5, 0.6) is 0 Å². The van der Waals surface area contributed by atoms with Crippen molar-refractivity contribution >= 4 is 45.6 Å². The van der Waals surface area contributed by atoms with Crippen LogP contribution in [0.15, 0.2) is 35.0 Å². The van der Waals surface area contributed by atoms with Crippen molar-refractivity contribution < 1.29 is 47.8 Å². The number of epoxide rings is 1. The molecule has 1 N–H and O–H groups in total. The lowest BCUT2D eigenvalue weighted by Crippen LogP contribution is -3.00. The lowest BCUT2D eigenvalue weighted by molar-refractivity contribution is -0.938. The molecule has 3 fully saturated rings. The summed E-state index contributed by atoms with van der Waals surface area (Å²) in [4.78, 5) is 14.3. The molecule has 5 rings (SSSR count). The highest BCUT2D eigenvalue weighted by molar-refractivity contribution is 8.93. The van der Waals surface area contributed by atoms with Crippen LogP contribution in [-0.4, -0.2) is 60.0 Å². The summed E-state index contributed by atoms with van der Waals surface area (Å²) in [6.07, 6.45) is 2.05. The number of piperidine rings is 1. The van der Waals surface area contributed by atoms with Gasteiger partial charge in [-0.1, -0.05) is 12.1 Å². The maximum Gasteiger partial charge on any atom is 0.349 e. The molecule has 154 valence electrons. The third kappa shape index (κ3) is 3.30. The fraction of sp³-hybridized carbons (Fsp3) is 0.526.